The third-order valence-electron chi connectivity index (χ3n) is 2.60. The van der Waals surface area contributed by atoms with Crippen molar-refractivity contribution in [2.24, 2.45) is 5.92 Å². The van der Waals surface area contributed by atoms with Crippen molar-refractivity contribution in [3.05, 3.63) is 0 Å². The van der Waals surface area contributed by atoms with Crippen LogP contribution in [-0.4, -0.2) is 25.0 Å². The number of amides is 1. The number of carbonyl (C=O) groups excluding carboxylic acids is 1. The van der Waals surface area contributed by atoms with Gasteiger partial charge in [-0.25, -0.2) is 0 Å². The Bertz CT molecular complexity index is 178. The highest BCUT2D eigenvalue weighted by molar-refractivity contribution is 5.78. The molecule has 1 fully saturated rings. The summed E-state index contributed by atoms with van der Waals surface area (Å²) in [6, 6.07) is 0.736. The van der Waals surface area contributed by atoms with E-state index in [0.29, 0.717) is 0 Å². The molecule has 0 aliphatic heterocycles. The summed E-state index contributed by atoms with van der Waals surface area (Å²) >= 11 is 0. The van der Waals surface area contributed by atoms with Crippen molar-refractivity contribution in [1.82, 2.24) is 10.6 Å². The van der Waals surface area contributed by atoms with Crippen molar-refractivity contribution in [3.63, 3.8) is 0 Å². The highest BCUT2D eigenvalue weighted by Crippen LogP contribution is 2.17. The van der Waals surface area contributed by atoms with Gasteiger partial charge in [-0.15, -0.1) is 0 Å². The minimum Gasteiger partial charge on any atom is -0.355 e. The fourth-order valence-electron chi connectivity index (χ4n) is 1.49. The molecule has 1 amide bonds. The fourth-order valence-corrected chi connectivity index (χ4v) is 1.49. The first kappa shape index (κ1) is 11.5. The lowest BCUT2D eigenvalue weighted by molar-refractivity contribution is -0.124. The summed E-state index contributed by atoms with van der Waals surface area (Å²) in [6.07, 6.45) is 4.68. The minimum atomic E-state index is 0.168. The molecule has 14 heavy (non-hydrogen) atoms. The number of rotatable bonds is 7. The summed E-state index contributed by atoms with van der Waals surface area (Å²) in [7, 11) is 0. The molecular formula is C11H22N2O. The van der Waals surface area contributed by atoms with Crippen LogP contribution in [0, 0.1) is 5.92 Å². The molecule has 0 aromatic carbocycles. The van der Waals surface area contributed by atoms with E-state index in [4.69, 9.17) is 0 Å². The summed E-state index contributed by atoms with van der Waals surface area (Å²) in [5.41, 5.74) is 0. The van der Waals surface area contributed by atoms with Crippen molar-refractivity contribution in [2.75, 3.05) is 13.1 Å². The number of nitrogens with one attached hydrogen (secondary N) is 2. The van der Waals surface area contributed by atoms with Crippen molar-refractivity contribution in [2.45, 2.75) is 45.6 Å². The molecule has 0 aromatic rings. The zero-order valence-corrected chi connectivity index (χ0v) is 9.31. The largest absolute Gasteiger partial charge is 0.355 e. The van der Waals surface area contributed by atoms with Crippen LogP contribution in [0.4, 0.5) is 0 Å². The lowest BCUT2D eigenvalue weighted by Crippen LogP contribution is -2.35. The van der Waals surface area contributed by atoms with Crippen molar-refractivity contribution < 1.29 is 4.79 Å². The Kier molecular flexibility index (Phi) is 4.94. The molecule has 0 aromatic heterocycles. The van der Waals surface area contributed by atoms with E-state index < -0.39 is 0 Å². The molecule has 1 aliphatic rings. The number of hydrogen-bond donors (Lipinski definition) is 2. The smallest absolute Gasteiger partial charge is 0.222 e. The monoisotopic (exact) mass is 198 g/mol. The standard InChI is InChI=1S/C11H22N2O/c1-3-4-9(2)11(14)13-8-7-12-10-5-6-10/h9-10,12H,3-8H2,1-2H3,(H,13,14). The van der Waals surface area contributed by atoms with Crippen LogP contribution in [0.2, 0.25) is 0 Å². The summed E-state index contributed by atoms with van der Waals surface area (Å²) < 4.78 is 0. The zero-order valence-electron chi connectivity index (χ0n) is 9.31. The maximum Gasteiger partial charge on any atom is 0.222 e. The Balaban J connectivity index is 1.95. The Hall–Kier alpha value is -0.570. The molecule has 0 saturated heterocycles. The van der Waals surface area contributed by atoms with Crippen LogP contribution in [0.3, 0.4) is 0 Å². The molecule has 3 heteroatoms. The van der Waals surface area contributed by atoms with Gasteiger partial charge >= 0.3 is 0 Å². The molecule has 1 aliphatic carbocycles. The Morgan fingerprint density at radius 3 is 2.71 bits per heavy atom. The molecule has 2 N–H and O–H groups in total. The Labute approximate surface area is 86.6 Å². The molecule has 0 heterocycles. The van der Waals surface area contributed by atoms with E-state index >= 15 is 0 Å². The molecule has 1 atom stereocenters. The third kappa shape index (κ3) is 4.61. The lowest BCUT2D eigenvalue weighted by atomic mass is 10.1. The predicted molar refractivity (Wildman–Crippen MR) is 58.1 cm³/mol. The lowest BCUT2D eigenvalue weighted by Gasteiger charge is -2.11. The van der Waals surface area contributed by atoms with Crippen LogP contribution in [0.15, 0.2) is 0 Å². The summed E-state index contributed by atoms with van der Waals surface area (Å²) in [5, 5.41) is 6.32. The SMILES string of the molecule is CCCC(C)C(=O)NCCNC1CC1. The van der Waals surface area contributed by atoms with Crippen molar-refractivity contribution in [3.8, 4) is 0 Å². The van der Waals surface area contributed by atoms with Crippen LogP contribution in [0.25, 0.3) is 0 Å². The van der Waals surface area contributed by atoms with Crippen molar-refractivity contribution in [1.29, 1.82) is 0 Å². The number of carbonyl (C=O) groups is 1. The second-order valence-corrected chi connectivity index (χ2v) is 4.21. The molecule has 1 saturated carbocycles. The van der Waals surface area contributed by atoms with E-state index in [9.17, 15) is 4.79 Å². The van der Waals surface area contributed by atoms with E-state index in [1.165, 1.54) is 12.8 Å². The normalized spacial score (nSPS) is 17.9. The highest BCUT2D eigenvalue weighted by atomic mass is 16.1. The van der Waals surface area contributed by atoms with Gasteiger partial charge in [-0.2, -0.15) is 0 Å². The van der Waals surface area contributed by atoms with Crippen LogP contribution >= 0.6 is 0 Å². The quantitative estimate of drug-likeness (QED) is 0.605. The second-order valence-electron chi connectivity index (χ2n) is 4.21. The highest BCUT2D eigenvalue weighted by Gasteiger charge is 2.19. The predicted octanol–water partition coefficient (Wildman–Crippen LogP) is 1.29. The van der Waals surface area contributed by atoms with Crippen molar-refractivity contribution >= 4 is 5.91 Å². The molecule has 82 valence electrons. The molecule has 0 bridgehead atoms. The van der Waals surface area contributed by atoms with Gasteiger partial charge in [0.15, 0.2) is 0 Å². The summed E-state index contributed by atoms with van der Waals surface area (Å²) in [6.45, 7) is 5.78. The van der Waals surface area contributed by atoms with E-state index in [0.717, 1.165) is 32.0 Å². The maximum absolute atomic E-state index is 11.5. The molecule has 0 spiro atoms. The number of hydrogen-bond acceptors (Lipinski definition) is 2. The maximum atomic E-state index is 11.5. The molecule has 1 rings (SSSR count). The van der Waals surface area contributed by atoms with E-state index in [2.05, 4.69) is 17.6 Å². The van der Waals surface area contributed by atoms with Gasteiger partial charge in [-0.1, -0.05) is 20.3 Å². The van der Waals surface area contributed by atoms with E-state index in [1.54, 1.807) is 0 Å². The first-order valence-corrected chi connectivity index (χ1v) is 5.75. The molecule has 3 nitrogen and oxygen atoms in total. The molecule has 0 radical (unpaired) electrons. The van der Waals surface area contributed by atoms with E-state index in [-0.39, 0.29) is 11.8 Å². The fraction of sp³-hybridized carbons (Fsp3) is 0.909. The van der Waals surface area contributed by atoms with Crippen LogP contribution in [-0.2, 0) is 4.79 Å². The first-order chi connectivity index (χ1) is 6.74. The Morgan fingerprint density at radius 2 is 2.14 bits per heavy atom. The van der Waals surface area contributed by atoms with Crippen LogP contribution in [0.5, 0.6) is 0 Å². The summed E-state index contributed by atoms with van der Waals surface area (Å²) in [4.78, 5) is 11.5. The third-order valence-corrected chi connectivity index (χ3v) is 2.60. The minimum absolute atomic E-state index is 0.168. The molecular weight excluding hydrogens is 176 g/mol. The van der Waals surface area contributed by atoms with Gasteiger partial charge in [0.1, 0.15) is 0 Å². The average Bonchev–Trinajstić information content (AvgIpc) is 2.96. The summed E-state index contributed by atoms with van der Waals surface area (Å²) in [5.74, 6) is 0.366. The van der Waals surface area contributed by atoms with Gasteiger partial charge in [0.2, 0.25) is 5.91 Å². The van der Waals surface area contributed by atoms with E-state index in [1.807, 2.05) is 6.92 Å². The van der Waals surface area contributed by atoms with Crippen LogP contribution in [0.1, 0.15) is 39.5 Å². The van der Waals surface area contributed by atoms with Gasteiger partial charge in [-0.05, 0) is 19.3 Å². The van der Waals surface area contributed by atoms with Gasteiger partial charge in [0, 0.05) is 25.0 Å². The topological polar surface area (TPSA) is 41.1 Å². The molecule has 1 unspecified atom stereocenters. The average molecular weight is 198 g/mol. The van der Waals surface area contributed by atoms with Gasteiger partial charge < -0.3 is 10.6 Å². The second kappa shape index (κ2) is 6.02. The zero-order chi connectivity index (χ0) is 10.4. The van der Waals surface area contributed by atoms with Crippen LogP contribution < -0.4 is 10.6 Å². The van der Waals surface area contributed by atoms with Gasteiger partial charge in [0.05, 0.1) is 0 Å². The van der Waals surface area contributed by atoms with Gasteiger partial charge in [-0.3, -0.25) is 4.79 Å². The first-order valence-electron chi connectivity index (χ1n) is 5.75. The van der Waals surface area contributed by atoms with Gasteiger partial charge in [0.25, 0.3) is 0 Å². The Morgan fingerprint density at radius 1 is 1.43 bits per heavy atom.